The zero-order valence-corrected chi connectivity index (χ0v) is 14.6. The van der Waals surface area contributed by atoms with Crippen molar-refractivity contribution < 1.29 is 17.5 Å². The number of rotatable bonds is 5. The van der Waals surface area contributed by atoms with Gasteiger partial charge < -0.3 is 4.74 Å². The lowest BCUT2D eigenvalue weighted by molar-refractivity contribution is 0.137. The van der Waals surface area contributed by atoms with E-state index in [1.807, 2.05) is 6.07 Å². The molecule has 0 aliphatic heterocycles. The molecule has 1 saturated carbocycles. The lowest BCUT2D eigenvalue weighted by Gasteiger charge is -2.29. The van der Waals surface area contributed by atoms with Crippen LogP contribution in [0.1, 0.15) is 31.4 Å². The Morgan fingerprint density at radius 3 is 2.62 bits per heavy atom. The summed E-state index contributed by atoms with van der Waals surface area (Å²) in [4.78, 5) is 7.82. The molecule has 136 valence electrons. The normalized spacial score (nSPS) is 20.3. The Bertz CT molecular complexity index is 922. The van der Waals surface area contributed by atoms with Gasteiger partial charge in [0.1, 0.15) is 18.0 Å². The van der Waals surface area contributed by atoms with Gasteiger partial charge in [-0.3, -0.25) is 0 Å². The lowest BCUT2D eigenvalue weighted by atomic mass is 9.94. The number of aromatic nitrogens is 2. The molecule has 7 nitrogen and oxygen atoms in total. The van der Waals surface area contributed by atoms with E-state index in [-0.39, 0.29) is 28.6 Å². The van der Waals surface area contributed by atoms with Crippen molar-refractivity contribution in [2.24, 2.45) is 0 Å². The summed E-state index contributed by atoms with van der Waals surface area (Å²) in [5.74, 6) is -0.402. The van der Waals surface area contributed by atoms with Crippen LogP contribution in [0.3, 0.4) is 0 Å². The van der Waals surface area contributed by atoms with Gasteiger partial charge in [-0.15, -0.1) is 0 Å². The fraction of sp³-hybridized carbons (Fsp3) is 0.353. The Morgan fingerprint density at radius 1 is 1.19 bits per heavy atom. The summed E-state index contributed by atoms with van der Waals surface area (Å²) in [6.45, 7) is 0. The Balaban J connectivity index is 1.58. The van der Waals surface area contributed by atoms with Crippen LogP contribution in [-0.4, -0.2) is 30.5 Å². The first-order chi connectivity index (χ1) is 12.5. The summed E-state index contributed by atoms with van der Waals surface area (Å²) < 4.78 is 46.3. The molecule has 1 aliphatic carbocycles. The van der Waals surface area contributed by atoms with Gasteiger partial charge in [-0.05, 0) is 43.9 Å². The average molecular weight is 376 g/mol. The molecule has 0 unspecified atom stereocenters. The van der Waals surface area contributed by atoms with Crippen LogP contribution in [0.15, 0.2) is 41.6 Å². The monoisotopic (exact) mass is 376 g/mol. The van der Waals surface area contributed by atoms with Crippen LogP contribution in [0.2, 0.25) is 0 Å². The summed E-state index contributed by atoms with van der Waals surface area (Å²) in [6.07, 6.45) is 5.07. The van der Waals surface area contributed by atoms with Crippen LogP contribution in [0, 0.1) is 17.1 Å². The molecule has 2 aromatic rings. The highest BCUT2D eigenvalue weighted by atomic mass is 32.2. The van der Waals surface area contributed by atoms with Gasteiger partial charge in [-0.25, -0.2) is 27.5 Å². The number of nitriles is 1. The van der Waals surface area contributed by atoms with E-state index in [1.54, 1.807) is 0 Å². The lowest BCUT2D eigenvalue weighted by Crippen LogP contribution is -2.39. The number of sulfonamides is 1. The average Bonchev–Trinajstić information content (AvgIpc) is 2.63. The van der Waals surface area contributed by atoms with Crippen LogP contribution in [0.25, 0.3) is 0 Å². The van der Waals surface area contributed by atoms with Crippen LogP contribution in [0.5, 0.6) is 5.88 Å². The van der Waals surface area contributed by atoms with Gasteiger partial charge in [-0.1, -0.05) is 6.07 Å². The van der Waals surface area contributed by atoms with E-state index in [0.29, 0.717) is 25.7 Å². The molecule has 0 radical (unpaired) electrons. The van der Waals surface area contributed by atoms with Gasteiger partial charge in [0.15, 0.2) is 0 Å². The molecule has 9 heteroatoms. The molecule has 1 heterocycles. The summed E-state index contributed by atoms with van der Waals surface area (Å²) in [5, 5.41) is 9.01. The van der Waals surface area contributed by atoms with Crippen LogP contribution in [-0.2, 0) is 10.0 Å². The first-order valence-corrected chi connectivity index (χ1v) is 9.62. The minimum absolute atomic E-state index is 0.0888. The standard InChI is InChI=1S/C17H17FN4O3S/c18-12-2-1-3-15(10-12)26(23,24)22-13-4-6-14(7-5-13)25-17-16(11-19)20-8-9-21-17/h1-3,8-10,13-14,22H,4-7H2. The SMILES string of the molecule is N#Cc1nccnc1OC1CCC(NS(=O)(=O)c2cccc(F)c2)CC1. The predicted molar refractivity (Wildman–Crippen MR) is 90.1 cm³/mol. The molecule has 3 rings (SSSR count). The number of benzene rings is 1. The van der Waals surface area contributed by atoms with Crippen molar-refractivity contribution in [2.45, 2.75) is 42.7 Å². The molecule has 1 aliphatic rings. The Kier molecular flexibility index (Phi) is 5.44. The fourth-order valence-corrected chi connectivity index (χ4v) is 4.20. The highest BCUT2D eigenvalue weighted by Crippen LogP contribution is 2.25. The van der Waals surface area contributed by atoms with E-state index in [0.717, 1.165) is 6.07 Å². The third-order valence-corrected chi connectivity index (χ3v) is 5.67. The molecular formula is C17H17FN4O3S. The second-order valence-electron chi connectivity index (χ2n) is 5.99. The molecule has 1 aromatic carbocycles. The molecule has 1 aromatic heterocycles. The van der Waals surface area contributed by atoms with Gasteiger partial charge in [-0.2, -0.15) is 5.26 Å². The van der Waals surface area contributed by atoms with E-state index in [2.05, 4.69) is 14.7 Å². The molecule has 1 N–H and O–H groups in total. The Morgan fingerprint density at radius 2 is 1.92 bits per heavy atom. The van der Waals surface area contributed by atoms with E-state index in [1.165, 1.54) is 30.6 Å². The molecule has 0 saturated heterocycles. The second kappa shape index (κ2) is 7.76. The third-order valence-electron chi connectivity index (χ3n) is 4.15. The number of hydrogen-bond acceptors (Lipinski definition) is 6. The molecule has 26 heavy (non-hydrogen) atoms. The summed E-state index contributed by atoms with van der Waals surface area (Å²) >= 11 is 0. The fourth-order valence-electron chi connectivity index (χ4n) is 2.87. The van der Waals surface area contributed by atoms with Gasteiger partial charge in [0.05, 0.1) is 4.90 Å². The highest BCUT2D eigenvalue weighted by Gasteiger charge is 2.27. The van der Waals surface area contributed by atoms with Crippen LogP contribution in [0.4, 0.5) is 4.39 Å². The summed E-state index contributed by atoms with van der Waals surface area (Å²) in [5.41, 5.74) is 0.126. The predicted octanol–water partition coefficient (Wildman–Crippen LogP) is 2.16. The van der Waals surface area contributed by atoms with Crippen LogP contribution >= 0.6 is 0 Å². The van der Waals surface area contributed by atoms with Gasteiger partial charge in [0, 0.05) is 18.4 Å². The van der Waals surface area contributed by atoms with E-state index >= 15 is 0 Å². The van der Waals surface area contributed by atoms with Crippen LogP contribution < -0.4 is 9.46 Å². The summed E-state index contributed by atoms with van der Waals surface area (Å²) in [7, 11) is -3.77. The van der Waals surface area contributed by atoms with Gasteiger partial charge in [0.25, 0.3) is 5.88 Å². The van der Waals surface area contributed by atoms with E-state index in [9.17, 15) is 12.8 Å². The Labute approximate surface area is 150 Å². The third kappa shape index (κ3) is 4.33. The molecule has 0 amide bonds. The van der Waals surface area contributed by atoms with Crippen molar-refractivity contribution in [1.29, 1.82) is 5.26 Å². The van der Waals surface area contributed by atoms with Crippen molar-refractivity contribution in [3.8, 4) is 11.9 Å². The number of hydrogen-bond donors (Lipinski definition) is 1. The van der Waals surface area contributed by atoms with E-state index in [4.69, 9.17) is 10.00 Å². The number of ether oxygens (including phenoxy) is 1. The largest absolute Gasteiger partial charge is 0.472 e. The zero-order chi connectivity index (χ0) is 18.6. The van der Waals surface area contributed by atoms with E-state index < -0.39 is 15.8 Å². The molecule has 1 fully saturated rings. The number of nitrogens with one attached hydrogen (secondary N) is 1. The molecule has 0 spiro atoms. The maximum atomic E-state index is 13.3. The van der Waals surface area contributed by atoms with Crippen molar-refractivity contribution >= 4 is 10.0 Å². The van der Waals surface area contributed by atoms with Gasteiger partial charge in [0.2, 0.25) is 15.7 Å². The smallest absolute Gasteiger partial charge is 0.251 e. The molecule has 0 atom stereocenters. The quantitative estimate of drug-likeness (QED) is 0.857. The maximum absolute atomic E-state index is 13.3. The Hall–Kier alpha value is -2.57. The van der Waals surface area contributed by atoms with Gasteiger partial charge >= 0.3 is 0 Å². The summed E-state index contributed by atoms with van der Waals surface area (Å²) in [6, 6.07) is 6.59. The highest BCUT2D eigenvalue weighted by molar-refractivity contribution is 7.89. The maximum Gasteiger partial charge on any atom is 0.251 e. The van der Waals surface area contributed by atoms with Crippen molar-refractivity contribution in [2.75, 3.05) is 0 Å². The minimum atomic E-state index is -3.77. The van der Waals surface area contributed by atoms with Crippen molar-refractivity contribution in [3.05, 3.63) is 48.2 Å². The number of nitrogens with zero attached hydrogens (tertiary/aromatic N) is 3. The second-order valence-corrected chi connectivity index (χ2v) is 7.71. The first kappa shape index (κ1) is 18.2. The van der Waals surface area contributed by atoms with Crippen molar-refractivity contribution in [3.63, 3.8) is 0 Å². The first-order valence-electron chi connectivity index (χ1n) is 8.13. The molecular weight excluding hydrogens is 359 g/mol. The zero-order valence-electron chi connectivity index (χ0n) is 13.8. The van der Waals surface area contributed by atoms with Crippen molar-refractivity contribution in [1.82, 2.24) is 14.7 Å². The number of halogens is 1. The minimum Gasteiger partial charge on any atom is -0.472 e. The molecule has 0 bridgehead atoms. The topological polar surface area (TPSA) is 105 Å².